The third-order valence-corrected chi connectivity index (χ3v) is 9.60. The molecular weight excluding hydrogens is 468 g/mol. The van der Waals surface area contributed by atoms with Crippen LogP contribution in [-0.2, 0) is 16.2 Å². The fraction of sp³-hybridized carbons (Fsp3) is 0.400. The highest BCUT2D eigenvalue weighted by Crippen LogP contribution is 2.57. The van der Waals surface area contributed by atoms with Gasteiger partial charge >= 0.3 is 6.18 Å². The molecule has 1 N–H and O–H groups in total. The van der Waals surface area contributed by atoms with Gasteiger partial charge in [-0.15, -0.1) is 0 Å². The quantitative estimate of drug-likeness (QED) is 0.415. The van der Waals surface area contributed by atoms with Crippen LogP contribution in [0, 0.1) is 11.2 Å². The number of nitrogens with zero attached hydrogens (tertiary/aromatic N) is 1. The Kier molecular flexibility index (Phi) is 5.58. The Bertz CT molecular complexity index is 1310. The summed E-state index contributed by atoms with van der Waals surface area (Å²) in [6.07, 6.45) is 1.65. The second-order valence-electron chi connectivity index (χ2n) is 9.45. The summed E-state index contributed by atoms with van der Waals surface area (Å²) in [5.74, 6) is -0.113. The van der Waals surface area contributed by atoms with E-state index < -0.39 is 27.0 Å². The highest BCUT2D eigenvalue weighted by molar-refractivity contribution is 7.93. The van der Waals surface area contributed by atoms with Crippen LogP contribution in [0.15, 0.2) is 54.7 Å². The fourth-order valence-electron chi connectivity index (χ4n) is 5.69. The van der Waals surface area contributed by atoms with Gasteiger partial charge in [-0.1, -0.05) is 0 Å². The van der Waals surface area contributed by atoms with Gasteiger partial charge in [-0.25, -0.2) is 12.8 Å². The van der Waals surface area contributed by atoms with Crippen molar-refractivity contribution in [3.63, 3.8) is 0 Å². The van der Waals surface area contributed by atoms with Gasteiger partial charge in [0.2, 0.25) is 10.0 Å². The van der Waals surface area contributed by atoms with E-state index in [0.717, 1.165) is 72.8 Å². The van der Waals surface area contributed by atoms with Crippen LogP contribution >= 0.6 is 0 Å². The highest BCUT2D eigenvalue weighted by Gasteiger charge is 2.54. The zero-order valence-corrected chi connectivity index (χ0v) is 19.1. The molecule has 5 rings (SSSR count). The van der Waals surface area contributed by atoms with Crippen molar-refractivity contribution < 1.29 is 26.0 Å². The number of alkyl halides is 3. The van der Waals surface area contributed by atoms with Gasteiger partial charge in [-0.05, 0) is 104 Å². The van der Waals surface area contributed by atoms with Crippen LogP contribution in [0.5, 0.6) is 0 Å². The second kappa shape index (κ2) is 8.22. The lowest BCUT2D eigenvalue weighted by Gasteiger charge is -2.52. The zero-order chi connectivity index (χ0) is 24.1. The normalized spacial score (nSPS) is 25.3. The average molecular weight is 493 g/mol. The maximum atomic E-state index is 13.9. The first-order valence-electron chi connectivity index (χ1n) is 11.3. The summed E-state index contributed by atoms with van der Waals surface area (Å²) in [4.78, 5) is 4.32. The predicted octanol–water partition coefficient (Wildman–Crippen LogP) is 6.64. The second-order valence-corrected chi connectivity index (χ2v) is 11.3. The smallest absolute Gasteiger partial charge is 0.283 e. The maximum Gasteiger partial charge on any atom is 0.416 e. The van der Waals surface area contributed by atoms with Gasteiger partial charge in [-0.2, -0.15) is 13.2 Å². The number of fused-ring (bicyclic) bond motifs is 1. The molecule has 2 fully saturated rings. The number of rotatable bonds is 4. The van der Waals surface area contributed by atoms with Crippen LogP contribution in [0.2, 0.25) is 0 Å². The molecule has 1 aromatic heterocycles. The number of hydrogen-bond acceptors (Lipinski definition) is 3. The molecule has 1 heterocycles. The molecule has 1 atom stereocenters. The Hall–Kier alpha value is -2.68. The minimum Gasteiger partial charge on any atom is -0.283 e. The number of aromatic nitrogens is 1. The number of anilines is 1. The van der Waals surface area contributed by atoms with Crippen molar-refractivity contribution in [3.05, 3.63) is 71.7 Å². The van der Waals surface area contributed by atoms with Crippen LogP contribution in [0.4, 0.5) is 23.2 Å². The maximum absolute atomic E-state index is 13.9. The highest BCUT2D eigenvalue weighted by atomic mass is 32.2. The lowest BCUT2D eigenvalue weighted by Crippen LogP contribution is -2.52. The molecule has 180 valence electrons. The molecule has 34 heavy (non-hydrogen) atoms. The van der Waals surface area contributed by atoms with E-state index in [-0.39, 0.29) is 22.8 Å². The van der Waals surface area contributed by atoms with E-state index in [4.69, 9.17) is 0 Å². The van der Waals surface area contributed by atoms with Gasteiger partial charge < -0.3 is 0 Å². The Balaban J connectivity index is 1.30. The molecule has 1 spiro atoms. The van der Waals surface area contributed by atoms with Crippen molar-refractivity contribution in [1.29, 1.82) is 0 Å². The first kappa shape index (κ1) is 23.1. The fourth-order valence-corrected chi connectivity index (χ4v) is 7.74. The first-order chi connectivity index (χ1) is 16.1. The number of benzene rings is 2. The van der Waals surface area contributed by atoms with E-state index in [1.54, 1.807) is 12.3 Å². The molecule has 4 nitrogen and oxygen atoms in total. The van der Waals surface area contributed by atoms with E-state index in [9.17, 15) is 26.0 Å². The largest absolute Gasteiger partial charge is 0.416 e. The molecule has 9 heteroatoms. The van der Waals surface area contributed by atoms with Crippen LogP contribution in [0.3, 0.4) is 0 Å². The Labute approximate surface area is 195 Å². The Morgan fingerprint density at radius 1 is 0.941 bits per heavy atom. The van der Waals surface area contributed by atoms with Gasteiger partial charge in [0.05, 0.1) is 16.3 Å². The van der Waals surface area contributed by atoms with Crippen molar-refractivity contribution in [2.45, 2.75) is 55.9 Å². The third kappa shape index (κ3) is 4.15. The molecule has 0 amide bonds. The monoisotopic (exact) mass is 492 g/mol. The van der Waals surface area contributed by atoms with E-state index >= 15 is 0 Å². The molecule has 0 saturated heterocycles. The minimum atomic E-state index is -4.47. The number of hydrogen-bond donors (Lipinski definition) is 1. The molecule has 0 aliphatic heterocycles. The Morgan fingerprint density at radius 3 is 2.24 bits per heavy atom. The molecule has 0 bridgehead atoms. The molecule has 0 radical (unpaired) electrons. The SMILES string of the molecule is O=S(=O)(Nc1ccc(C(F)(F)F)cc1)C1CCC12CCC(c1ccnc3ccc(F)cc13)CC2. The minimum absolute atomic E-state index is 0.133. The summed E-state index contributed by atoms with van der Waals surface area (Å²) in [7, 11) is -3.75. The van der Waals surface area contributed by atoms with E-state index in [2.05, 4.69) is 9.71 Å². The molecule has 3 aromatic rings. The molecule has 2 aliphatic carbocycles. The molecule has 2 saturated carbocycles. The number of halogens is 4. The van der Waals surface area contributed by atoms with Gasteiger partial charge in [-0.3, -0.25) is 9.71 Å². The van der Waals surface area contributed by atoms with Crippen LogP contribution in [0.1, 0.15) is 55.6 Å². The number of pyridine rings is 1. The van der Waals surface area contributed by atoms with Crippen LogP contribution in [0.25, 0.3) is 10.9 Å². The predicted molar refractivity (Wildman–Crippen MR) is 122 cm³/mol. The van der Waals surface area contributed by atoms with Crippen molar-refractivity contribution in [2.24, 2.45) is 5.41 Å². The standard InChI is InChI=1S/C25H24F4N2O2S/c26-18-3-6-22-21(15-18)20(10-14-30-22)16-7-11-24(12-8-16)13-9-23(24)34(32,33)31-19-4-1-17(2-5-19)25(27,28)29/h1-6,10,14-16,23,31H,7-9,11-13H2. The van der Waals surface area contributed by atoms with E-state index in [0.29, 0.717) is 6.42 Å². The zero-order valence-electron chi connectivity index (χ0n) is 18.3. The van der Waals surface area contributed by atoms with Crippen LogP contribution < -0.4 is 4.72 Å². The van der Waals surface area contributed by atoms with E-state index in [1.165, 1.54) is 12.1 Å². The summed E-state index contributed by atoms with van der Waals surface area (Å²) in [6, 6.07) is 10.5. The van der Waals surface area contributed by atoms with Crippen molar-refractivity contribution in [3.8, 4) is 0 Å². The summed E-state index contributed by atoms with van der Waals surface area (Å²) < 4.78 is 81.0. The molecular formula is C25H24F4N2O2S. The molecule has 2 aliphatic rings. The van der Waals surface area contributed by atoms with Gasteiger partial charge in [0.25, 0.3) is 0 Å². The summed E-state index contributed by atoms with van der Waals surface area (Å²) in [6.45, 7) is 0. The summed E-state index contributed by atoms with van der Waals surface area (Å²) >= 11 is 0. The van der Waals surface area contributed by atoms with Gasteiger partial charge in [0, 0.05) is 17.3 Å². The van der Waals surface area contributed by atoms with Gasteiger partial charge in [0.15, 0.2) is 0 Å². The van der Waals surface area contributed by atoms with Crippen LogP contribution in [-0.4, -0.2) is 18.7 Å². The molecule has 1 unspecified atom stereocenters. The third-order valence-electron chi connectivity index (χ3n) is 7.59. The number of nitrogens with one attached hydrogen (secondary N) is 1. The molecule has 2 aromatic carbocycles. The number of sulfonamides is 1. The summed E-state index contributed by atoms with van der Waals surface area (Å²) in [5, 5.41) is 0.222. The van der Waals surface area contributed by atoms with Crippen molar-refractivity contribution in [2.75, 3.05) is 4.72 Å². The lowest BCUT2D eigenvalue weighted by atomic mass is 9.58. The first-order valence-corrected chi connectivity index (χ1v) is 12.9. The van der Waals surface area contributed by atoms with Crippen molar-refractivity contribution >= 4 is 26.6 Å². The topological polar surface area (TPSA) is 59.1 Å². The van der Waals surface area contributed by atoms with E-state index in [1.807, 2.05) is 6.07 Å². The Morgan fingerprint density at radius 2 is 1.62 bits per heavy atom. The van der Waals surface area contributed by atoms with Crippen molar-refractivity contribution in [1.82, 2.24) is 4.98 Å². The van der Waals surface area contributed by atoms with Gasteiger partial charge in [0.1, 0.15) is 5.82 Å². The average Bonchev–Trinajstić information content (AvgIpc) is 2.77. The lowest BCUT2D eigenvalue weighted by molar-refractivity contribution is -0.137. The summed E-state index contributed by atoms with van der Waals surface area (Å²) in [5.41, 5.74) is 0.763.